The molecule has 0 fully saturated rings. The first-order valence-electron chi connectivity index (χ1n) is 2.05. The van der Waals surface area contributed by atoms with E-state index < -0.39 is 0 Å². The molecule has 0 aromatic rings. The molecule has 0 bridgehead atoms. The van der Waals surface area contributed by atoms with Crippen molar-refractivity contribution >= 4 is 17.1 Å². The Balaban J connectivity index is 3.17. The Hall–Kier alpha value is 0.495. The normalized spacial score (nSPS) is 11.8. The molecule has 0 heterocycles. The first-order chi connectivity index (χ1) is 2.56. The average Bonchev–Trinajstić information content (AvgIpc) is 1.35. The molecule has 2 heteroatoms. The Morgan fingerprint density at radius 3 is 1.83 bits per heavy atom. The molecule has 2 radical (unpaired) electrons. The lowest BCUT2D eigenvalue weighted by Crippen LogP contribution is -2.01. The van der Waals surface area contributed by atoms with E-state index in [1.54, 1.807) is 0 Å². The lowest BCUT2D eigenvalue weighted by Gasteiger charge is -2.12. The third kappa shape index (κ3) is 4.49. The number of hydrogen-bond donors (Lipinski definition) is 0. The third-order valence-corrected chi connectivity index (χ3v) is 1.58. The Morgan fingerprint density at radius 1 is 1.67 bits per heavy atom. The van der Waals surface area contributed by atoms with Crippen LogP contribution in [0.1, 0.15) is 13.8 Å². The van der Waals surface area contributed by atoms with Gasteiger partial charge in [0.15, 0.2) is 0 Å². The summed E-state index contributed by atoms with van der Waals surface area (Å²) in [5.74, 6) is 0. The molecule has 1 atom stereocenters. The minimum atomic E-state index is 0.00463. The SMILES string of the molecule is [B]C(C)(C)CP. The van der Waals surface area contributed by atoms with Crippen LogP contribution < -0.4 is 0 Å². The van der Waals surface area contributed by atoms with E-state index in [1.165, 1.54) is 0 Å². The van der Waals surface area contributed by atoms with Crippen LogP contribution in [0.3, 0.4) is 0 Å². The molecule has 0 aromatic carbocycles. The van der Waals surface area contributed by atoms with E-state index in [9.17, 15) is 0 Å². The molecule has 0 aliphatic heterocycles. The van der Waals surface area contributed by atoms with E-state index in [-0.39, 0.29) is 5.31 Å². The van der Waals surface area contributed by atoms with E-state index in [4.69, 9.17) is 7.85 Å². The topological polar surface area (TPSA) is 0 Å². The van der Waals surface area contributed by atoms with Gasteiger partial charge in [0.1, 0.15) is 0 Å². The maximum Gasteiger partial charge on any atom is 0.0743 e. The van der Waals surface area contributed by atoms with E-state index in [2.05, 4.69) is 9.24 Å². The van der Waals surface area contributed by atoms with Crippen LogP contribution in [0.2, 0.25) is 5.31 Å². The molecule has 0 rings (SSSR count). The van der Waals surface area contributed by atoms with Gasteiger partial charge in [0.2, 0.25) is 0 Å². The van der Waals surface area contributed by atoms with Gasteiger partial charge in [-0.25, -0.2) is 0 Å². The highest BCUT2D eigenvalue weighted by Crippen LogP contribution is 2.19. The summed E-state index contributed by atoms with van der Waals surface area (Å²) >= 11 is 0. The van der Waals surface area contributed by atoms with Crippen LogP contribution in [0.4, 0.5) is 0 Å². The fraction of sp³-hybridized carbons (Fsp3) is 1.00. The Bertz CT molecular complexity index is 37.3. The molecule has 0 aliphatic carbocycles. The standard InChI is InChI=1S/C4H10BP/c1-4(2,5)3-6/h3,6H2,1-2H3. The maximum absolute atomic E-state index is 5.51. The molecule has 1 unspecified atom stereocenters. The van der Waals surface area contributed by atoms with Gasteiger partial charge in [0.25, 0.3) is 0 Å². The van der Waals surface area contributed by atoms with Crippen molar-refractivity contribution in [3.8, 4) is 0 Å². The van der Waals surface area contributed by atoms with Gasteiger partial charge in [0, 0.05) is 0 Å². The van der Waals surface area contributed by atoms with Crippen molar-refractivity contribution in [1.82, 2.24) is 0 Å². The lowest BCUT2D eigenvalue weighted by molar-refractivity contribution is 0.781. The average molecular weight is 99.9 g/mol. The summed E-state index contributed by atoms with van der Waals surface area (Å²) in [5.41, 5.74) is 0. The molecule has 0 saturated carbocycles. The van der Waals surface area contributed by atoms with E-state index in [0.717, 1.165) is 6.16 Å². The zero-order valence-corrected chi connectivity index (χ0v) is 5.52. The fourth-order valence-corrected chi connectivity index (χ4v) is 0. The van der Waals surface area contributed by atoms with Crippen LogP contribution in [-0.4, -0.2) is 14.0 Å². The van der Waals surface area contributed by atoms with Crippen molar-refractivity contribution in [2.75, 3.05) is 6.16 Å². The lowest BCUT2D eigenvalue weighted by atomic mass is 9.74. The molecular formula is C4H10BP. The molecular weight excluding hydrogens is 89.8 g/mol. The second-order valence-corrected chi connectivity index (χ2v) is 2.60. The van der Waals surface area contributed by atoms with Crippen molar-refractivity contribution in [3.63, 3.8) is 0 Å². The molecule has 0 nitrogen and oxygen atoms in total. The van der Waals surface area contributed by atoms with Crippen LogP contribution in [-0.2, 0) is 0 Å². The zero-order valence-electron chi connectivity index (χ0n) is 4.36. The van der Waals surface area contributed by atoms with Crippen LogP contribution in [0.15, 0.2) is 0 Å². The first-order valence-corrected chi connectivity index (χ1v) is 2.87. The summed E-state index contributed by atoms with van der Waals surface area (Å²) in [7, 11) is 8.11. The molecule has 0 aromatic heterocycles. The molecule has 34 valence electrons. The van der Waals surface area contributed by atoms with Crippen molar-refractivity contribution in [1.29, 1.82) is 0 Å². The Morgan fingerprint density at radius 2 is 1.83 bits per heavy atom. The van der Waals surface area contributed by atoms with Crippen LogP contribution in [0.25, 0.3) is 0 Å². The second-order valence-electron chi connectivity index (χ2n) is 2.19. The smallest absolute Gasteiger partial charge is 0.0743 e. The maximum atomic E-state index is 5.51. The highest BCUT2D eigenvalue weighted by molar-refractivity contribution is 7.16. The molecule has 0 amide bonds. The molecule has 0 saturated heterocycles. The summed E-state index contributed by atoms with van der Waals surface area (Å²) in [5, 5.41) is 0.00463. The summed E-state index contributed by atoms with van der Waals surface area (Å²) < 4.78 is 0. The third-order valence-electron chi connectivity index (χ3n) is 0.526. The zero-order chi connectivity index (χ0) is 5.21. The van der Waals surface area contributed by atoms with Crippen LogP contribution >= 0.6 is 9.24 Å². The van der Waals surface area contributed by atoms with E-state index in [0.29, 0.717) is 0 Å². The predicted molar refractivity (Wildman–Crippen MR) is 34.4 cm³/mol. The Kier molecular flexibility index (Phi) is 2.14. The van der Waals surface area contributed by atoms with Gasteiger partial charge in [-0.1, -0.05) is 19.2 Å². The predicted octanol–water partition coefficient (Wildman–Crippen LogP) is 1.23. The Labute approximate surface area is 43.3 Å². The highest BCUT2D eigenvalue weighted by Gasteiger charge is 2.03. The van der Waals surface area contributed by atoms with Crippen molar-refractivity contribution in [2.45, 2.75) is 19.2 Å². The van der Waals surface area contributed by atoms with Gasteiger partial charge in [-0.15, -0.1) is 9.24 Å². The van der Waals surface area contributed by atoms with E-state index in [1.807, 2.05) is 13.8 Å². The first kappa shape index (κ1) is 6.49. The minimum absolute atomic E-state index is 0.00463. The van der Waals surface area contributed by atoms with Gasteiger partial charge in [0.05, 0.1) is 7.85 Å². The molecule has 0 N–H and O–H groups in total. The van der Waals surface area contributed by atoms with Crippen LogP contribution in [0, 0.1) is 0 Å². The largest absolute Gasteiger partial charge is 0.138 e. The number of rotatable bonds is 1. The fourth-order valence-electron chi connectivity index (χ4n) is 0. The van der Waals surface area contributed by atoms with Crippen molar-refractivity contribution < 1.29 is 0 Å². The molecule has 6 heavy (non-hydrogen) atoms. The quantitative estimate of drug-likeness (QED) is 0.343. The summed E-state index contributed by atoms with van der Waals surface area (Å²) in [6.07, 6.45) is 0.965. The molecule has 0 spiro atoms. The van der Waals surface area contributed by atoms with Gasteiger partial charge in [-0.05, 0) is 6.16 Å². The van der Waals surface area contributed by atoms with Gasteiger partial charge < -0.3 is 0 Å². The second kappa shape index (κ2) is 1.98. The van der Waals surface area contributed by atoms with Gasteiger partial charge in [-0.3, -0.25) is 0 Å². The number of hydrogen-bond acceptors (Lipinski definition) is 0. The summed E-state index contributed by atoms with van der Waals surface area (Å²) in [6.45, 7) is 4.00. The van der Waals surface area contributed by atoms with Crippen molar-refractivity contribution in [2.24, 2.45) is 0 Å². The van der Waals surface area contributed by atoms with Crippen LogP contribution in [0.5, 0.6) is 0 Å². The minimum Gasteiger partial charge on any atom is -0.138 e. The molecule has 0 aliphatic rings. The monoisotopic (exact) mass is 100 g/mol. The van der Waals surface area contributed by atoms with Gasteiger partial charge >= 0.3 is 0 Å². The van der Waals surface area contributed by atoms with E-state index >= 15 is 0 Å². The summed E-state index contributed by atoms with van der Waals surface area (Å²) in [6, 6.07) is 0. The summed E-state index contributed by atoms with van der Waals surface area (Å²) in [4.78, 5) is 0. The van der Waals surface area contributed by atoms with Crippen molar-refractivity contribution in [3.05, 3.63) is 0 Å². The highest BCUT2D eigenvalue weighted by atomic mass is 31.0. The van der Waals surface area contributed by atoms with Gasteiger partial charge in [-0.2, -0.15) is 0 Å².